The maximum Gasteiger partial charge on any atom is 0.00479 e. The molecular weight excluding hydrogens is 184 g/mol. The fourth-order valence-corrected chi connectivity index (χ4v) is 1.81. The Morgan fingerprint density at radius 3 is 2.13 bits per heavy atom. The van der Waals surface area contributed by atoms with Gasteiger partial charge < -0.3 is 10.2 Å². The SMILES string of the molecule is CCC(CC)CN(CC)CCC(C)NC. The summed E-state index contributed by atoms with van der Waals surface area (Å²) in [5.41, 5.74) is 0. The first-order valence-electron chi connectivity index (χ1n) is 6.57. The first-order valence-corrected chi connectivity index (χ1v) is 6.57. The molecule has 0 spiro atoms. The summed E-state index contributed by atoms with van der Waals surface area (Å²) < 4.78 is 0. The minimum Gasteiger partial charge on any atom is -0.317 e. The van der Waals surface area contributed by atoms with Crippen LogP contribution in [0, 0.1) is 5.92 Å². The van der Waals surface area contributed by atoms with Crippen LogP contribution in [0.2, 0.25) is 0 Å². The van der Waals surface area contributed by atoms with Crippen LogP contribution in [0.5, 0.6) is 0 Å². The average molecular weight is 214 g/mol. The maximum absolute atomic E-state index is 3.30. The molecule has 0 saturated carbocycles. The van der Waals surface area contributed by atoms with Crippen molar-refractivity contribution in [2.45, 2.75) is 53.0 Å². The Morgan fingerprint density at radius 1 is 1.13 bits per heavy atom. The number of hydrogen-bond acceptors (Lipinski definition) is 2. The molecule has 0 aromatic heterocycles. The standard InChI is InChI=1S/C13H30N2/c1-6-13(7-2)11-15(8-3)10-9-12(4)14-5/h12-14H,6-11H2,1-5H3. The Morgan fingerprint density at radius 2 is 1.73 bits per heavy atom. The van der Waals surface area contributed by atoms with Crippen molar-refractivity contribution in [3.05, 3.63) is 0 Å². The van der Waals surface area contributed by atoms with E-state index >= 15 is 0 Å². The van der Waals surface area contributed by atoms with Crippen molar-refractivity contribution in [1.29, 1.82) is 0 Å². The van der Waals surface area contributed by atoms with Crippen molar-refractivity contribution in [2.24, 2.45) is 5.92 Å². The molecule has 92 valence electrons. The van der Waals surface area contributed by atoms with Gasteiger partial charge in [-0.2, -0.15) is 0 Å². The van der Waals surface area contributed by atoms with Crippen LogP contribution < -0.4 is 5.32 Å². The first-order chi connectivity index (χ1) is 7.17. The number of rotatable bonds is 9. The fourth-order valence-electron chi connectivity index (χ4n) is 1.81. The van der Waals surface area contributed by atoms with Gasteiger partial charge in [0.15, 0.2) is 0 Å². The molecule has 0 amide bonds. The molecule has 0 aliphatic heterocycles. The van der Waals surface area contributed by atoms with Crippen LogP contribution in [0.4, 0.5) is 0 Å². The van der Waals surface area contributed by atoms with Gasteiger partial charge in [-0.3, -0.25) is 0 Å². The van der Waals surface area contributed by atoms with Gasteiger partial charge in [-0.05, 0) is 39.4 Å². The van der Waals surface area contributed by atoms with Crippen LogP contribution in [0.15, 0.2) is 0 Å². The predicted molar refractivity (Wildman–Crippen MR) is 69.3 cm³/mol. The van der Waals surface area contributed by atoms with Crippen molar-refractivity contribution in [3.63, 3.8) is 0 Å². The highest BCUT2D eigenvalue weighted by Gasteiger charge is 2.10. The van der Waals surface area contributed by atoms with Crippen molar-refractivity contribution in [2.75, 3.05) is 26.7 Å². The van der Waals surface area contributed by atoms with Gasteiger partial charge in [0.25, 0.3) is 0 Å². The van der Waals surface area contributed by atoms with E-state index < -0.39 is 0 Å². The largest absolute Gasteiger partial charge is 0.317 e. The van der Waals surface area contributed by atoms with Gasteiger partial charge >= 0.3 is 0 Å². The molecule has 0 saturated heterocycles. The third kappa shape index (κ3) is 6.91. The van der Waals surface area contributed by atoms with E-state index in [0.717, 1.165) is 5.92 Å². The molecule has 0 aliphatic rings. The Hall–Kier alpha value is -0.0800. The van der Waals surface area contributed by atoms with E-state index in [4.69, 9.17) is 0 Å². The lowest BCUT2D eigenvalue weighted by Crippen LogP contribution is -2.33. The molecule has 1 unspecified atom stereocenters. The molecule has 0 rings (SSSR count). The molecule has 1 atom stereocenters. The van der Waals surface area contributed by atoms with Crippen LogP contribution in [0.1, 0.15) is 47.0 Å². The second-order valence-electron chi connectivity index (χ2n) is 4.55. The Bertz CT molecular complexity index is 132. The molecule has 0 bridgehead atoms. The van der Waals surface area contributed by atoms with Crippen LogP contribution in [-0.2, 0) is 0 Å². The summed E-state index contributed by atoms with van der Waals surface area (Å²) in [7, 11) is 2.04. The van der Waals surface area contributed by atoms with E-state index in [1.165, 1.54) is 38.9 Å². The summed E-state index contributed by atoms with van der Waals surface area (Å²) in [6, 6.07) is 0.640. The van der Waals surface area contributed by atoms with E-state index in [1.54, 1.807) is 0 Å². The molecular formula is C13H30N2. The van der Waals surface area contributed by atoms with Gasteiger partial charge in [0.1, 0.15) is 0 Å². The normalized spacial score (nSPS) is 13.8. The Labute approximate surface area is 96.4 Å². The zero-order chi connectivity index (χ0) is 11.7. The molecule has 1 N–H and O–H groups in total. The monoisotopic (exact) mass is 214 g/mol. The third-order valence-electron chi connectivity index (χ3n) is 3.49. The second kappa shape index (κ2) is 9.17. The maximum atomic E-state index is 3.30. The van der Waals surface area contributed by atoms with E-state index in [9.17, 15) is 0 Å². The van der Waals surface area contributed by atoms with Gasteiger partial charge in [-0.15, -0.1) is 0 Å². The summed E-state index contributed by atoms with van der Waals surface area (Å²) in [4.78, 5) is 2.59. The van der Waals surface area contributed by atoms with Crippen LogP contribution in [0.3, 0.4) is 0 Å². The molecule has 0 fully saturated rings. The highest BCUT2D eigenvalue weighted by molar-refractivity contribution is 4.66. The summed E-state index contributed by atoms with van der Waals surface area (Å²) in [5.74, 6) is 0.884. The molecule has 0 heterocycles. The zero-order valence-electron chi connectivity index (χ0n) is 11.3. The quantitative estimate of drug-likeness (QED) is 0.635. The second-order valence-corrected chi connectivity index (χ2v) is 4.55. The molecule has 0 aromatic rings. The molecule has 2 nitrogen and oxygen atoms in total. The molecule has 2 heteroatoms. The highest BCUT2D eigenvalue weighted by atomic mass is 15.1. The molecule has 15 heavy (non-hydrogen) atoms. The third-order valence-corrected chi connectivity index (χ3v) is 3.49. The summed E-state index contributed by atoms with van der Waals surface area (Å²) in [6.07, 6.45) is 3.88. The summed E-state index contributed by atoms with van der Waals surface area (Å²) >= 11 is 0. The minimum atomic E-state index is 0.640. The first kappa shape index (κ1) is 14.9. The van der Waals surface area contributed by atoms with E-state index in [1.807, 2.05) is 7.05 Å². The zero-order valence-corrected chi connectivity index (χ0v) is 11.3. The van der Waals surface area contributed by atoms with Crippen molar-refractivity contribution >= 4 is 0 Å². The number of hydrogen-bond donors (Lipinski definition) is 1. The molecule has 0 radical (unpaired) electrons. The molecule has 0 aliphatic carbocycles. The van der Waals surface area contributed by atoms with E-state index in [0.29, 0.717) is 6.04 Å². The van der Waals surface area contributed by atoms with Crippen molar-refractivity contribution < 1.29 is 0 Å². The average Bonchev–Trinajstić information content (AvgIpc) is 2.29. The topological polar surface area (TPSA) is 15.3 Å². The molecule has 0 aromatic carbocycles. The highest BCUT2D eigenvalue weighted by Crippen LogP contribution is 2.10. The van der Waals surface area contributed by atoms with Crippen LogP contribution in [-0.4, -0.2) is 37.6 Å². The van der Waals surface area contributed by atoms with Crippen molar-refractivity contribution in [1.82, 2.24) is 10.2 Å². The van der Waals surface area contributed by atoms with Crippen LogP contribution in [0.25, 0.3) is 0 Å². The number of nitrogens with zero attached hydrogens (tertiary/aromatic N) is 1. The van der Waals surface area contributed by atoms with Crippen molar-refractivity contribution in [3.8, 4) is 0 Å². The Kier molecular flexibility index (Phi) is 9.12. The lowest BCUT2D eigenvalue weighted by molar-refractivity contribution is 0.224. The summed E-state index contributed by atoms with van der Waals surface area (Å²) in [5, 5.41) is 3.30. The van der Waals surface area contributed by atoms with Gasteiger partial charge in [0.05, 0.1) is 0 Å². The summed E-state index contributed by atoms with van der Waals surface area (Å²) in [6.45, 7) is 12.8. The number of nitrogens with one attached hydrogen (secondary N) is 1. The fraction of sp³-hybridized carbons (Fsp3) is 1.00. The lowest BCUT2D eigenvalue weighted by atomic mass is 10.0. The lowest BCUT2D eigenvalue weighted by Gasteiger charge is -2.26. The van der Waals surface area contributed by atoms with E-state index in [2.05, 4.69) is 37.9 Å². The van der Waals surface area contributed by atoms with Gasteiger partial charge in [0, 0.05) is 12.6 Å². The van der Waals surface area contributed by atoms with Crippen LogP contribution >= 0.6 is 0 Å². The van der Waals surface area contributed by atoms with E-state index in [-0.39, 0.29) is 0 Å². The van der Waals surface area contributed by atoms with Gasteiger partial charge in [-0.1, -0.05) is 33.6 Å². The predicted octanol–water partition coefficient (Wildman–Crippen LogP) is 2.74. The van der Waals surface area contributed by atoms with Gasteiger partial charge in [0.2, 0.25) is 0 Å². The minimum absolute atomic E-state index is 0.640. The van der Waals surface area contributed by atoms with Gasteiger partial charge in [-0.25, -0.2) is 0 Å². The Balaban J connectivity index is 3.80. The smallest absolute Gasteiger partial charge is 0.00479 e.